The van der Waals surface area contributed by atoms with Crippen molar-refractivity contribution in [3.05, 3.63) is 53.3 Å². The van der Waals surface area contributed by atoms with Gasteiger partial charge in [0.05, 0.1) is 6.20 Å². The van der Waals surface area contributed by atoms with E-state index in [1.165, 1.54) is 6.08 Å². The second-order valence-corrected chi connectivity index (χ2v) is 7.26. The second kappa shape index (κ2) is 7.60. The molecule has 1 saturated carbocycles. The standard InChI is InChI=1S/C19H19ClFN5O/c20-18-16(21)9-24-19(25-18)26-10-14-13(15(14)11-26)5-7-23-17(27)4-3-12-2-1-6-22-8-12/h1-4,6,8-9,13-15H,5,7,10-11H2,(H,23,27)/b4-3+/t13?,14-,15+. The van der Waals surface area contributed by atoms with Crippen LogP contribution in [0.3, 0.4) is 0 Å². The zero-order chi connectivity index (χ0) is 18.8. The number of amides is 1. The Morgan fingerprint density at radius 2 is 2.19 bits per heavy atom. The molecule has 6 nitrogen and oxygen atoms in total. The van der Waals surface area contributed by atoms with Crippen molar-refractivity contribution in [1.82, 2.24) is 20.3 Å². The summed E-state index contributed by atoms with van der Waals surface area (Å²) < 4.78 is 13.2. The molecule has 0 aromatic carbocycles. The van der Waals surface area contributed by atoms with Crippen LogP contribution in [0.5, 0.6) is 0 Å². The van der Waals surface area contributed by atoms with Gasteiger partial charge in [0.25, 0.3) is 0 Å². The molecule has 2 aliphatic rings. The van der Waals surface area contributed by atoms with Crippen LogP contribution in [0.4, 0.5) is 10.3 Å². The fourth-order valence-electron chi connectivity index (χ4n) is 3.80. The minimum Gasteiger partial charge on any atom is -0.353 e. The van der Waals surface area contributed by atoms with Crippen LogP contribution in [0.15, 0.2) is 36.8 Å². The highest BCUT2D eigenvalue weighted by atomic mass is 35.5. The Labute approximate surface area is 161 Å². The first-order chi connectivity index (χ1) is 13.1. The van der Waals surface area contributed by atoms with Crippen LogP contribution in [0.1, 0.15) is 12.0 Å². The molecule has 2 aromatic heterocycles. The molecule has 1 aliphatic carbocycles. The number of nitrogens with zero attached hydrogens (tertiary/aromatic N) is 4. The Balaban J connectivity index is 1.19. The summed E-state index contributed by atoms with van der Waals surface area (Å²) in [6.07, 6.45) is 8.75. The van der Waals surface area contributed by atoms with E-state index < -0.39 is 5.82 Å². The van der Waals surface area contributed by atoms with Crippen molar-refractivity contribution < 1.29 is 9.18 Å². The van der Waals surface area contributed by atoms with Gasteiger partial charge in [-0.25, -0.2) is 9.37 Å². The molecular formula is C19H19ClFN5O. The quantitative estimate of drug-likeness (QED) is 0.609. The third kappa shape index (κ3) is 4.08. The molecule has 0 spiro atoms. The summed E-state index contributed by atoms with van der Waals surface area (Å²) in [5.74, 6) is 1.57. The molecule has 4 rings (SSSR count). The van der Waals surface area contributed by atoms with Crippen molar-refractivity contribution in [2.45, 2.75) is 6.42 Å². The van der Waals surface area contributed by atoms with Crippen LogP contribution >= 0.6 is 11.6 Å². The second-order valence-electron chi connectivity index (χ2n) is 6.90. The van der Waals surface area contributed by atoms with E-state index in [0.717, 1.165) is 31.3 Å². The van der Waals surface area contributed by atoms with Crippen molar-refractivity contribution in [1.29, 1.82) is 0 Å². The molecule has 1 saturated heterocycles. The first kappa shape index (κ1) is 17.9. The van der Waals surface area contributed by atoms with Gasteiger partial charge in [-0.05, 0) is 41.9 Å². The Morgan fingerprint density at radius 1 is 1.37 bits per heavy atom. The van der Waals surface area contributed by atoms with Gasteiger partial charge in [0.2, 0.25) is 11.9 Å². The van der Waals surface area contributed by atoms with Crippen LogP contribution in [0.25, 0.3) is 6.08 Å². The highest BCUT2D eigenvalue weighted by Crippen LogP contribution is 2.53. The summed E-state index contributed by atoms with van der Waals surface area (Å²) in [6.45, 7) is 2.37. The fraction of sp³-hybridized carbons (Fsp3) is 0.368. The number of piperidine rings is 1. The van der Waals surface area contributed by atoms with Crippen molar-refractivity contribution in [3.8, 4) is 0 Å². The molecule has 140 valence electrons. The number of carbonyl (C=O) groups is 1. The van der Waals surface area contributed by atoms with E-state index in [9.17, 15) is 9.18 Å². The zero-order valence-electron chi connectivity index (χ0n) is 14.6. The molecule has 8 heteroatoms. The average Bonchev–Trinajstić information content (AvgIpc) is 3.12. The Bertz CT molecular complexity index is 850. The van der Waals surface area contributed by atoms with E-state index in [1.807, 2.05) is 17.0 Å². The maximum atomic E-state index is 13.2. The number of nitrogens with one attached hydrogen (secondary N) is 1. The third-order valence-electron chi connectivity index (χ3n) is 5.23. The van der Waals surface area contributed by atoms with Crippen LogP contribution in [-0.2, 0) is 4.79 Å². The number of halogens is 2. The van der Waals surface area contributed by atoms with E-state index >= 15 is 0 Å². The van der Waals surface area contributed by atoms with E-state index in [4.69, 9.17) is 11.6 Å². The van der Waals surface area contributed by atoms with Crippen molar-refractivity contribution in [3.63, 3.8) is 0 Å². The summed E-state index contributed by atoms with van der Waals surface area (Å²) in [4.78, 5) is 25.9. The molecule has 3 heterocycles. The van der Waals surface area contributed by atoms with Gasteiger partial charge >= 0.3 is 0 Å². The summed E-state index contributed by atoms with van der Waals surface area (Å²) in [7, 11) is 0. The van der Waals surface area contributed by atoms with Gasteiger partial charge in [0, 0.05) is 38.1 Å². The molecule has 1 N–H and O–H groups in total. The average molecular weight is 388 g/mol. The Morgan fingerprint density at radius 3 is 2.89 bits per heavy atom. The van der Waals surface area contributed by atoms with Crippen LogP contribution in [0.2, 0.25) is 5.15 Å². The topological polar surface area (TPSA) is 71.0 Å². The maximum Gasteiger partial charge on any atom is 0.244 e. The maximum absolute atomic E-state index is 13.2. The number of rotatable bonds is 6. The van der Waals surface area contributed by atoms with Gasteiger partial charge in [-0.1, -0.05) is 17.7 Å². The fourth-order valence-corrected chi connectivity index (χ4v) is 3.92. The predicted molar refractivity (Wildman–Crippen MR) is 101 cm³/mol. The van der Waals surface area contributed by atoms with E-state index in [2.05, 4.69) is 20.3 Å². The van der Waals surface area contributed by atoms with Crippen molar-refractivity contribution in [2.24, 2.45) is 17.8 Å². The highest BCUT2D eigenvalue weighted by Gasteiger charge is 2.55. The molecule has 2 aromatic rings. The largest absolute Gasteiger partial charge is 0.353 e. The molecular weight excluding hydrogens is 369 g/mol. The van der Waals surface area contributed by atoms with Crippen molar-refractivity contribution >= 4 is 29.5 Å². The van der Waals surface area contributed by atoms with Gasteiger partial charge in [-0.15, -0.1) is 0 Å². The molecule has 2 fully saturated rings. The summed E-state index contributed by atoms with van der Waals surface area (Å²) in [5.41, 5.74) is 0.896. The molecule has 1 aliphatic heterocycles. The first-order valence-corrected chi connectivity index (χ1v) is 9.28. The summed E-state index contributed by atoms with van der Waals surface area (Å²) in [6, 6.07) is 3.73. The number of hydrogen-bond donors (Lipinski definition) is 1. The van der Waals surface area contributed by atoms with Crippen LogP contribution in [-0.4, -0.2) is 40.5 Å². The van der Waals surface area contributed by atoms with Crippen molar-refractivity contribution in [2.75, 3.05) is 24.5 Å². The molecule has 27 heavy (non-hydrogen) atoms. The highest BCUT2D eigenvalue weighted by molar-refractivity contribution is 6.29. The lowest BCUT2D eigenvalue weighted by molar-refractivity contribution is -0.116. The van der Waals surface area contributed by atoms with Gasteiger partial charge in [0.15, 0.2) is 11.0 Å². The lowest BCUT2D eigenvalue weighted by Gasteiger charge is -2.19. The zero-order valence-corrected chi connectivity index (χ0v) is 15.3. The molecule has 0 bridgehead atoms. The number of anilines is 1. The molecule has 0 radical (unpaired) electrons. The minimum absolute atomic E-state index is 0.0966. The molecule has 3 atom stereocenters. The van der Waals surface area contributed by atoms with E-state index in [-0.39, 0.29) is 11.1 Å². The smallest absolute Gasteiger partial charge is 0.244 e. The molecule has 1 amide bonds. The van der Waals surface area contributed by atoms with E-state index in [1.54, 1.807) is 18.5 Å². The van der Waals surface area contributed by atoms with Gasteiger partial charge < -0.3 is 10.2 Å². The number of carbonyl (C=O) groups excluding carboxylic acids is 1. The number of hydrogen-bond acceptors (Lipinski definition) is 5. The summed E-state index contributed by atoms with van der Waals surface area (Å²) in [5, 5.41) is 2.79. The lowest BCUT2D eigenvalue weighted by Crippen LogP contribution is -2.27. The number of pyridine rings is 1. The predicted octanol–water partition coefficient (Wildman–Crippen LogP) is 2.57. The lowest BCUT2D eigenvalue weighted by atomic mass is 10.2. The third-order valence-corrected chi connectivity index (χ3v) is 5.50. The van der Waals surface area contributed by atoms with Gasteiger partial charge in [0.1, 0.15) is 0 Å². The monoisotopic (exact) mass is 387 g/mol. The Kier molecular flexibility index (Phi) is 5.03. The SMILES string of the molecule is O=C(/C=C/c1cccnc1)NCCC1[C@H]2CN(c3ncc(F)c(Cl)n3)C[C@@H]12. The van der Waals surface area contributed by atoms with E-state index in [0.29, 0.717) is 30.2 Å². The first-order valence-electron chi connectivity index (χ1n) is 8.91. The number of fused-ring (bicyclic) bond motifs is 1. The van der Waals surface area contributed by atoms with Crippen LogP contribution < -0.4 is 10.2 Å². The Hall–Kier alpha value is -2.54. The van der Waals surface area contributed by atoms with Gasteiger partial charge in [-0.2, -0.15) is 4.98 Å². The molecule has 1 unspecified atom stereocenters. The summed E-state index contributed by atoms with van der Waals surface area (Å²) >= 11 is 5.73. The van der Waals surface area contributed by atoms with Crippen LogP contribution in [0, 0.1) is 23.6 Å². The van der Waals surface area contributed by atoms with Gasteiger partial charge in [-0.3, -0.25) is 9.78 Å². The minimum atomic E-state index is -0.601. The normalized spacial score (nSPS) is 23.5. The number of aromatic nitrogens is 3.